The highest BCUT2D eigenvalue weighted by atomic mass is 127. The van der Waals surface area contributed by atoms with Gasteiger partial charge in [-0.25, -0.2) is 0 Å². The fourth-order valence-electron chi connectivity index (χ4n) is 3.15. The molecule has 2 rings (SSSR count). The van der Waals surface area contributed by atoms with Gasteiger partial charge in [-0.15, -0.1) is 24.0 Å². The molecule has 0 saturated carbocycles. The molecule has 1 saturated heterocycles. The van der Waals surface area contributed by atoms with E-state index in [0.29, 0.717) is 6.10 Å². The van der Waals surface area contributed by atoms with Gasteiger partial charge in [0.1, 0.15) is 0 Å². The maximum Gasteiger partial charge on any atom is 0.193 e. The Kier molecular flexibility index (Phi) is 11.7. The summed E-state index contributed by atoms with van der Waals surface area (Å²) < 4.78 is 11.0. The second-order valence-electron chi connectivity index (χ2n) is 6.87. The van der Waals surface area contributed by atoms with Crippen LogP contribution in [-0.2, 0) is 16.0 Å². The molecule has 0 aliphatic carbocycles. The molecule has 1 aliphatic heterocycles. The Morgan fingerprint density at radius 1 is 1.26 bits per heavy atom. The monoisotopic (exact) mass is 490 g/mol. The number of hydrogen-bond acceptors (Lipinski definition) is 4. The molecule has 6 nitrogen and oxygen atoms in total. The molecule has 1 aromatic carbocycles. The minimum Gasteiger partial charge on any atom is -0.385 e. The van der Waals surface area contributed by atoms with Crippen molar-refractivity contribution in [3.8, 4) is 0 Å². The summed E-state index contributed by atoms with van der Waals surface area (Å²) in [5.41, 5.74) is 2.47. The quantitative estimate of drug-likeness (QED) is 0.263. The molecule has 1 aliphatic rings. The highest BCUT2D eigenvalue weighted by molar-refractivity contribution is 14.0. The first-order valence-corrected chi connectivity index (χ1v) is 9.46. The molecule has 0 atom stereocenters. The molecule has 7 heteroatoms. The molecule has 154 valence electrons. The van der Waals surface area contributed by atoms with Gasteiger partial charge in [-0.3, -0.25) is 4.99 Å². The molecule has 1 fully saturated rings. The number of methoxy groups -OCH3 is 1. The third kappa shape index (κ3) is 8.23. The molecule has 27 heavy (non-hydrogen) atoms. The number of piperidine rings is 1. The lowest BCUT2D eigenvalue weighted by Crippen LogP contribution is -2.46. The molecule has 1 aromatic rings. The first kappa shape index (κ1) is 24.0. The Hall–Kier alpha value is -1.06. The van der Waals surface area contributed by atoms with Crippen LogP contribution in [0.5, 0.6) is 0 Å². The summed E-state index contributed by atoms with van der Waals surface area (Å²) in [4.78, 5) is 8.90. The molecular formula is C20H35IN4O2. The topological polar surface area (TPSA) is 49.3 Å². The first-order chi connectivity index (χ1) is 12.6. The molecule has 1 heterocycles. The maximum absolute atomic E-state index is 5.94. The van der Waals surface area contributed by atoms with Crippen molar-refractivity contribution in [2.75, 3.05) is 59.5 Å². The normalized spacial score (nSPS) is 15.4. The number of anilines is 1. The molecule has 0 amide bonds. The number of guanidine groups is 1. The van der Waals surface area contributed by atoms with Crippen LogP contribution >= 0.6 is 24.0 Å². The Morgan fingerprint density at radius 3 is 2.63 bits per heavy atom. The van der Waals surface area contributed by atoms with E-state index in [4.69, 9.17) is 9.47 Å². The van der Waals surface area contributed by atoms with Crippen molar-refractivity contribution >= 4 is 35.6 Å². The van der Waals surface area contributed by atoms with Crippen LogP contribution in [0.4, 0.5) is 5.69 Å². The van der Waals surface area contributed by atoms with E-state index in [1.165, 1.54) is 11.3 Å². The van der Waals surface area contributed by atoms with Crippen LogP contribution in [0.25, 0.3) is 0 Å². The molecular weight excluding hydrogens is 455 g/mol. The fourth-order valence-corrected chi connectivity index (χ4v) is 3.15. The minimum atomic E-state index is 0. The summed E-state index contributed by atoms with van der Waals surface area (Å²) in [6.07, 6.45) is 3.41. The second-order valence-corrected chi connectivity index (χ2v) is 6.87. The van der Waals surface area contributed by atoms with Crippen molar-refractivity contribution < 1.29 is 9.47 Å². The lowest BCUT2D eigenvalue weighted by Gasteiger charge is -2.34. The lowest BCUT2D eigenvalue weighted by atomic mass is 10.1. The van der Waals surface area contributed by atoms with E-state index >= 15 is 0 Å². The Morgan fingerprint density at radius 2 is 2.00 bits per heavy atom. The van der Waals surface area contributed by atoms with E-state index in [1.807, 2.05) is 7.05 Å². The SMILES string of the molecule is CN=C(NCc1cccc(N(C)C)c1)N1CCC(OCCCOC)CC1.I. The number of likely N-dealkylation sites (tertiary alicyclic amines) is 1. The molecule has 0 aromatic heterocycles. The van der Waals surface area contributed by atoms with E-state index in [1.54, 1.807) is 7.11 Å². The van der Waals surface area contributed by atoms with Crippen molar-refractivity contribution in [3.05, 3.63) is 29.8 Å². The number of benzene rings is 1. The first-order valence-electron chi connectivity index (χ1n) is 9.46. The van der Waals surface area contributed by atoms with Crippen LogP contribution in [-0.4, -0.2) is 71.5 Å². The molecule has 0 spiro atoms. The maximum atomic E-state index is 5.94. The van der Waals surface area contributed by atoms with Crippen molar-refractivity contribution in [2.24, 2.45) is 4.99 Å². The summed E-state index contributed by atoms with van der Waals surface area (Å²) >= 11 is 0. The van der Waals surface area contributed by atoms with Crippen molar-refractivity contribution in [1.29, 1.82) is 0 Å². The van der Waals surface area contributed by atoms with Crippen LogP contribution in [0.3, 0.4) is 0 Å². The summed E-state index contributed by atoms with van der Waals surface area (Å²) in [7, 11) is 7.71. The summed E-state index contributed by atoms with van der Waals surface area (Å²) in [5.74, 6) is 0.970. The highest BCUT2D eigenvalue weighted by Gasteiger charge is 2.21. The molecule has 0 bridgehead atoms. The smallest absolute Gasteiger partial charge is 0.193 e. The van der Waals surface area contributed by atoms with Crippen molar-refractivity contribution in [1.82, 2.24) is 10.2 Å². The predicted octanol–water partition coefficient (Wildman–Crippen LogP) is 2.96. The lowest BCUT2D eigenvalue weighted by molar-refractivity contribution is 0.00989. The van der Waals surface area contributed by atoms with Crippen molar-refractivity contribution in [3.63, 3.8) is 0 Å². The van der Waals surface area contributed by atoms with Gasteiger partial charge in [0.05, 0.1) is 6.10 Å². The third-order valence-corrected chi connectivity index (χ3v) is 4.68. The van der Waals surface area contributed by atoms with Crippen LogP contribution in [0, 0.1) is 0 Å². The van der Waals surface area contributed by atoms with E-state index < -0.39 is 0 Å². The second kappa shape index (κ2) is 13.2. The van der Waals surface area contributed by atoms with E-state index in [0.717, 1.165) is 58.1 Å². The zero-order valence-electron chi connectivity index (χ0n) is 17.1. The van der Waals surface area contributed by atoms with Gasteiger partial charge < -0.3 is 24.6 Å². The fraction of sp³-hybridized carbons (Fsp3) is 0.650. The van der Waals surface area contributed by atoms with Crippen LogP contribution in [0.15, 0.2) is 29.3 Å². The minimum absolute atomic E-state index is 0. The van der Waals surface area contributed by atoms with Gasteiger partial charge in [0.2, 0.25) is 0 Å². The number of rotatable bonds is 8. The number of nitrogens with one attached hydrogen (secondary N) is 1. The van der Waals surface area contributed by atoms with Gasteiger partial charge in [0.15, 0.2) is 5.96 Å². The van der Waals surface area contributed by atoms with E-state index in [2.05, 4.69) is 58.5 Å². The van der Waals surface area contributed by atoms with Gasteiger partial charge in [-0.05, 0) is 37.0 Å². The average molecular weight is 490 g/mol. The molecule has 0 unspecified atom stereocenters. The molecule has 0 radical (unpaired) electrons. The molecule has 1 N–H and O–H groups in total. The third-order valence-electron chi connectivity index (χ3n) is 4.68. The number of hydrogen-bond donors (Lipinski definition) is 1. The standard InChI is InChI=1S/C20H34N4O2.HI/c1-21-20(22-16-17-7-5-8-18(15-17)23(2)3)24-11-9-19(10-12-24)26-14-6-13-25-4;/h5,7-8,15,19H,6,9-14,16H2,1-4H3,(H,21,22);1H. The summed E-state index contributed by atoms with van der Waals surface area (Å²) in [5, 5.41) is 3.50. The van der Waals surface area contributed by atoms with Gasteiger partial charge in [0.25, 0.3) is 0 Å². The summed E-state index contributed by atoms with van der Waals surface area (Å²) in [6, 6.07) is 8.57. The zero-order valence-corrected chi connectivity index (χ0v) is 19.4. The van der Waals surface area contributed by atoms with E-state index in [9.17, 15) is 0 Å². The Bertz CT molecular complexity index is 561. The van der Waals surface area contributed by atoms with Crippen molar-refractivity contribution in [2.45, 2.75) is 31.9 Å². The highest BCUT2D eigenvalue weighted by Crippen LogP contribution is 2.15. The van der Waals surface area contributed by atoms with Crippen LogP contribution in [0.2, 0.25) is 0 Å². The van der Waals surface area contributed by atoms with Gasteiger partial charge >= 0.3 is 0 Å². The largest absolute Gasteiger partial charge is 0.385 e. The number of nitrogens with zero attached hydrogens (tertiary/aromatic N) is 3. The number of halogens is 1. The Labute approximate surface area is 181 Å². The Balaban J connectivity index is 0.00000364. The van der Waals surface area contributed by atoms with Crippen LogP contribution < -0.4 is 10.2 Å². The van der Waals surface area contributed by atoms with Gasteiger partial charge in [-0.1, -0.05) is 12.1 Å². The summed E-state index contributed by atoms with van der Waals surface area (Å²) in [6.45, 7) is 4.29. The van der Waals surface area contributed by atoms with Gasteiger partial charge in [-0.2, -0.15) is 0 Å². The number of aliphatic imine (C=N–C) groups is 1. The zero-order chi connectivity index (χ0) is 18.8. The van der Waals surface area contributed by atoms with E-state index in [-0.39, 0.29) is 24.0 Å². The number of ether oxygens (including phenoxy) is 2. The van der Waals surface area contributed by atoms with Crippen LogP contribution in [0.1, 0.15) is 24.8 Å². The van der Waals surface area contributed by atoms with Gasteiger partial charge in [0, 0.05) is 66.8 Å². The average Bonchev–Trinajstić information content (AvgIpc) is 2.67. The predicted molar refractivity (Wildman–Crippen MR) is 123 cm³/mol.